The highest BCUT2D eigenvalue weighted by Crippen LogP contribution is 2.10. The smallest absolute Gasteiger partial charge is 0.142 e. The van der Waals surface area contributed by atoms with E-state index in [9.17, 15) is 0 Å². The largest absolute Gasteiger partial charge is 0.330 e. The van der Waals surface area contributed by atoms with Crippen LogP contribution in [0.25, 0.3) is 5.65 Å². The van der Waals surface area contributed by atoms with Crippen molar-refractivity contribution < 1.29 is 0 Å². The molecule has 0 amide bonds. The number of rotatable bonds is 3. The van der Waals surface area contributed by atoms with Crippen LogP contribution in [-0.2, 0) is 12.8 Å². The Hall–Kier alpha value is -1.42. The summed E-state index contributed by atoms with van der Waals surface area (Å²) in [4.78, 5) is 8.67. The first-order valence-electron chi connectivity index (χ1n) is 4.85. The molecule has 0 aromatic carbocycles. The third kappa shape index (κ3) is 1.48. The van der Waals surface area contributed by atoms with Crippen LogP contribution in [0.4, 0.5) is 0 Å². The lowest BCUT2D eigenvalue weighted by molar-refractivity contribution is 0.936. The SMILES string of the molecule is CCc1cncn2cc(CCN)nc12. The highest BCUT2D eigenvalue weighted by molar-refractivity contribution is 5.47. The van der Waals surface area contributed by atoms with E-state index in [1.807, 2.05) is 16.8 Å². The zero-order valence-corrected chi connectivity index (χ0v) is 8.27. The topological polar surface area (TPSA) is 56.2 Å². The molecule has 0 aliphatic heterocycles. The average Bonchev–Trinajstić information content (AvgIpc) is 2.60. The number of nitrogens with two attached hydrogens (primary N) is 1. The molecular formula is C10H14N4. The molecule has 4 nitrogen and oxygen atoms in total. The maximum absolute atomic E-state index is 5.49. The lowest BCUT2D eigenvalue weighted by Crippen LogP contribution is -2.02. The number of imidazole rings is 1. The lowest BCUT2D eigenvalue weighted by atomic mass is 10.2. The minimum atomic E-state index is 0.638. The van der Waals surface area contributed by atoms with E-state index in [4.69, 9.17) is 5.73 Å². The van der Waals surface area contributed by atoms with Gasteiger partial charge in [-0.25, -0.2) is 9.97 Å². The maximum atomic E-state index is 5.49. The monoisotopic (exact) mass is 190 g/mol. The first-order chi connectivity index (χ1) is 6.85. The third-order valence-electron chi connectivity index (χ3n) is 2.27. The van der Waals surface area contributed by atoms with E-state index in [0.717, 1.165) is 24.2 Å². The molecule has 74 valence electrons. The highest BCUT2D eigenvalue weighted by atomic mass is 15.0. The van der Waals surface area contributed by atoms with Crippen molar-refractivity contribution in [2.24, 2.45) is 5.73 Å². The Bertz CT molecular complexity index is 433. The molecule has 14 heavy (non-hydrogen) atoms. The Labute approximate surface area is 82.8 Å². The van der Waals surface area contributed by atoms with Gasteiger partial charge in [0.15, 0.2) is 0 Å². The normalized spacial score (nSPS) is 11.0. The van der Waals surface area contributed by atoms with Crippen molar-refractivity contribution in [3.05, 3.63) is 30.0 Å². The van der Waals surface area contributed by atoms with E-state index in [1.165, 1.54) is 5.56 Å². The Morgan fingerprint density at radius 3 is 3.07 bits per heavy atom. The fourth-order valence-electron chi connectivity index (χ4n) is 1.54. The average molecular weight is 190 g/mol. The van der Waals surface area contributed by atoms with Crippen LogP contribution in [0.3, 0.4) is 0 Å². The molecule has 0 aliphatic carbocycles. The second kappa shape index (κ2) is 3.75. The standard InChI is InChI=1S/C10H14N4/c1-2-8-5-12-7-14-6-9(3-4-11)13-10(8)14/h5-7H,2-4,11H2,1H3. The van der Waals surface area contributed by atoms with Gasteiger partial charge in [-0.15, -0.1) is 0 Å². The molecule has 0 spiro atoms. The van der Waals surface area contributed by atoms with Gasteiger partial charge in [-0.05, 0) is 13.0 Å². The summed E-state index contributed by atoms with van der Waals surface area (Å²) in [6, 6.07) is 0. The molecule has 0 saturated heterocycles. The Morgan fingerprint density at radius 1 is 1.50 bits per heavy atom. The molecule has 2 rings (SSSR count). The number of aromatic nitrogens is 3. The number of aryl methyl sites for hydroxylation is 1. The summed E-state index contributed by atoms with van der Waals surface area (Å²) in [5, 5.41) is 0. The fraction of sp³-hybridized carbons (Fsp3) is 0.400. The quantitative estimate of drug-likeness (QED) is 0.778. The van der Waals surface area contributed by atoms with Crippen molar-refractivity contribution in [3.8, 4) is 0 Å². The Morgan fingerprint density at radius 2 is 2.36 bits per heavy atom. The van der Waals surface area contributed by atoms with Crippen molar-refractivity contribution in [2.45, 2.75) is 19.8 Å². The second-order valence-corrected chi connectivity index (χ2v) is 3.27. The predicted molar refractivity (Wildman–Crippen MR) is 55.1 cm³/mol. The number of hydrogen-bond donors (Lipinski definition) is 1. The van der Waals surface area contributed by atoms with Crippen molar-refractivity contribution in [1.29, 1.82) is 0 Å². The molecular weight excluding hydrogens is 176 g/mol. The molecule has 0 fully saturated rings. The van der Waals surface area contributed by atoms with E-state index in [2.05, 4.69) is 16.9 Å². The van der Waals surface area contributed by atoms with E-state index in [1.54, 1.807) is 6.33 Å². The summed E-state index contributed by atoms with van der Waals surface area (Å²) in [6.45, 7) is 2.74. The van der Waals surface area contributed by atoms with Crippen LogP contribution in [0.5, 0.6) is 0 Å². The van der Waals surface area contributed by atoms with E-state index in [-0.39, 0.29) is 0 Å². The van der Waals surface area contributed by atoms with Gasteiger partial charge in [-0.3, -0.25) is 4.40 Å². The first-order valence-corrected chi connectivity index (χ1v) is 4.85. The van der Waals surface area contributed by atoms with E-state index < -0.39 is 0 Å². The van der Waals surface area contributed by atoms with Crippen LogP contribution >= 0.6 is 0 Å². The summed E-state index contributed by atoms with van der Waals surface area (Å²) < 4.78 is 1.96. The van der Waals surface area contributed by atoms with Gasteiger partial charge >= 0.3 is 0 Å². The van der Waals surface area contributed by atoms with Gasteiger partial charge in [-0.1, -0.05) is 6.92 Å². The van der Waals surface area contributed by atoms with Gasteiger partial charge in [0.2, 0.25) is 0 Å². The Kier molecular flexibility index (Phi) is 2.45. The Balaban J connectivity index is 2.52. The van der Waals surface area contributed by atoms with Crippen LogP contribution in [0.2, 0.25) is 0 Å². The van der Waals surface area contributed by atoms with Crippen molar-refractivity contribution in [2.75, 3.05) is 6.54 Å². The summed E-state index contributed by atoms with van der Waals surface area (Å²) in [5.41, 5.74) is 8.71. The number of hydrogen-bond acceptors (Lipinski definition) is 3. The minimum absolute atomic E-state index is 0.638. The first kappa shape index (κ1) is 9.15. The van der Waals surface area contributed by atoms with Gasteiger partial charge in [0, 0.05) is 24.4 Å². The molecule has 2 N–H and O–H groups in total. The molecule has 2 aromatic heterocycles. The molecule has 0 saturated carbocycles. The summed E-state index contributed by atoms with van der Waals surface area (Å²) in [7, 11) is 0. The molecule has 2 aromatic rings. The van der Waals surface area contributed by atoms with Crippen molar-refractivity contribution >= 4 is 5.65 Å². The van der Waals surface area contributed by atoms with Crippen LogP contribution in [-0.4, -0.2) is 20.9 Å². The minimum Gasteiger partial charge on any atom is -0.330 e. The van der Waals surface area contributed by atoms with Crippen LogP contribution in [0, 0.1) is 0 Å². The molecule has 2 heterocycles. The lowest BCUT2D eigenvalue weighted by Gasteiger charge is -1.96. The molecule has 0 aliphatic rings. The molecule has 0 atom stereocenters. The summed E-state index contributed by atoms with van der Waals surface area (Å²) in [5.74, 6) is 0. The van der Waals surface area contributed by atoms with E-state index in [0.29, 0.717) is 6.54 Å². The molecule has 4 heteroatoms. The zero-order valence-electron chi connectivity index (χ0n) is 8.27. The highest BCUT2D eigenvalue weighted by Gasteiger charge is 2.04. The van der Waals surface area contributed by atoms with Crippen molar-refractivity contribution in [3.63, 3.8) is 0 Å². The molecule has 0 bridgehead atoms. The van der Waals surface area contributed by atoms with Crippen LogP contribution in [0.1, 0.15) is 18.2 Å². The van der Waals surface area contributed by atoms with Crippen LogP contribution < -0.4 is 5.73 Å². The number of nitrogens with zero attached hydrogens (tertiary/aromatic N) is 3. The fourth-order valence-corrected chi connectivity index (χ4v) is 1.54. The van der Waals surface area contributed by atoms with Crippen molar-refractivity contribution in [1.82, 2.24) is 14.4 Å². The zero-order chi connectivity index (χ0) is 9.97. The van der Waals surface area contributed by atoms with Gasteiger partial charge in [0.1, 0.15) is 12.0 Å². The van der Waals surface area contributed by atoms with Gasteiger partial charge in [0.05, 0.1) is 5.69 Å². The molecule has 0 radical (unpaired) electrons. The third-order valence-corrected chi connectivity index (χ3v) is 2.27. The van der Waals surface area contributed by atoms with Crippen LogP contribution in [0.15, 0.2) is 18.7 Å². The van der Waals surface area contributed by atoms with Gasteiger partial charge < -0.3 is 5.73 Å². The van der Waals surface area contributed by atoms with Gasteiger partial charge in [-0.2, -0.15) is 0 Å². The second-order valence-electron chi connectivity index (χ2n) is 3.27. The molecule has 0 unspecified atom stereocenters. The van der Waals surface area contributed by atoms with E-state index >= 15 is 0 Å². The number of fused-ring (bicyclic) bond motifs is 1. The maximum Gasteiger partial charge on any atom is 0.142 e. The summed E-state index contributed by atoms with van der Waals surface area (Å²) in [6.07, 6.45) is 7.42. The predicted octanol–water partition coefficient (Wildman–Crippen LogP) is 0.793. The summed E-state index contributed by atoms with van der Waals surface area (Å²) >= 11 is 0. The van der Waals surface area contributed by atoms with Gasteiger partial charge in [0.25, 0.3) is 0 Å².